The highest BCUT2D eigenvalue weighted by atomic mass is 16.3. The van der Waals surface area contributed by atoms with E-state index in [9.17, 15) is 9.90 Å². The van der Waals surface area contributed by atoms with Crippen molar-refractivity contribution in [2.24, 2.45) is 11.8 Å². The van der Waals surface area contributed by atoms with E-state index in [1.165, 1.54) is 0 Å². The van der Waals surface area contributed by atoms with Crippen molar-refractivity contribution in [1.82, 2.24) is 4.90 Å². The normalized spacial score (nSPS) is 27.1. The van der Waals surface area contributed by atoms with Gasteiger partial charge in [-0.25, -0.2) is 0 Å². The first kappa shape index (κ1) is 11.9. The van der Waals surface area contributed by atoms with E-state index in [0.717, 1.165) is 32.2 Å². The highest BCUT2D eigenvalue weighted by Gasteiger charge is 2.40. The Morgan fingerprint density at radius 1 is 1.31 bits per heavy atom. The molecule has 2 atom stereocenters. The zero-order valence-electron chi connectivity index (χ0n) is 9.64. The van der Waals surface area contributed by atoms with Crippen LogP contribution >= 0.6 is 0 Å². The van der Waals surface area contributed by atoms with Gasteiger partial charge in [0.1, 0.15) is 0 Å². The Labute approximate surface area is 96.3 Å². The predicted octanol–water partition coefficient (Wildman–Crippen LogP) is 0.378. The van der Waals surface area contributed by atoms with Crippen molar-refractivity contribution in [3.63, 3.8) is 0 Å². The lowest BCUT2D eigenvalue weighted by atomic mass is 9.98. The molecule has 1 saturated carbocycles. The van der Waals surface area contributed by atoms with Crippen LogP contribution in [-0.2, 0) is 4.79 Å². The van der Waals surface area contributed by atoms with E-state index in [4.69, 9.17) is 5.11 Å². The lowest BCUT2D eigenvalue weighted by Crippen LogP contribution is -2.42. The first-order valence-electron chi connectivity index (χ1n) is 6.30. The first-order valence-corrected chi connectivity index (χ1v) is 6.30. The fraction of sp³-hybridized carbons (Fsp3) is 0.917. The van der Waals surface area contributed by atoms with Crippen LogP contribution in [-0.4, -0.2) is 46.8 Å². The monoisotopic (exact) mass is 227 g/mol. The molecule has 1 amide bonds. The molecule has 2 aliphatic rings. The van der Waals surface area contributed by atoms with Crippen molar-refractivity contribution in [3.05, 3.63) is 0 Å². The molecule has 4 heteroatoms. The molecule has 92 valence electrons. The Hall–Kier alpha value is -0.610. The summed E-state index contributed by atoms with van der Waals surface area (Å²) in [4.78, 5) is 14.1. The van der Waals surface area contributed by atoms with Crippen molar-refractivity contribution < 1.29 is 15.0 Å². The maximum absolute atomic E-state index is 12.3. The van der Waals surface area contributed by atoms with Crippen LogP contribution in [0.25, 0.3) is 0 Å². The molecular formula is C12H21NO3. The van der Waals surface area contributed by atoms with Gasteiger partial charge in [0, 0.05) is 19.1 Å². The number of nitrogens with zero attached hydrogens (tertiary/aromatic N) is 1. The van der Waals surface area contributed by atoms with Gasteiger partial charge in [0.25, 0.3) is 0 Å². The number of amides is 1. The van der Waals surface area contributed by atoms with Gasteiger partial charge in [-0.1, -0.05) is 0 Å². The minimum absolute atomic E-state index is 0.00264. The van der Waals surface area contributed by atoms with Crippen molar-refractivity contribution in [1.29, 1.82) is 0 Å². The largest absolute Gasteiger partial charge is 0.396 e. The van der Waals surface area contributed by atoms with Gasteiger partial charge in [-0.3, -0.25) is 4.79 Å². The molecule has 1 heterocycles. The maximum Gasteiger partial charge on any atom is 0.226 e. The fourth-order valence-corrected chi connectivity index (χ4v) is 2.73. The summed E-state index contributed by atoms with van der Waals surface area (Å²) in [6, 6.07) is 0.0208. The molecule has 16 heavy (non-hydrogen) atoms. The van der Waals surface area contributed by atoms with E-state index in [1.807, 2.05) is 4.90 Å². The molecule has 2 N–H and O–H groups in total. The summed E-state index contributed by atoms with van der Waals surface area (Å²) < 4.78 is 0. The van der Waals surface area contributed by atoms with E-state index in [0.29, 0.717) is 12.3 Å². The second-order valence-corrected chi connectivity index (χ2v) is 4.97. The van der Waals surface area contributed by atoms with E-state index < -0.39 is 0 Å². The Balaban J connectivity index is 1.98. The van der Waals surface area contributed by atoms with E-state index in [-0.39, 0.29) is 31.1 Å². The molecular weight excluding hydrogens is 206 g/mol. The average molecular weight is 227 g/mol. The number of hydrogen-bond donors (Lipinski definition) is 2. The van der Waals surface area contributed by atoms with E-state index >= 15 is 0 Å². The summed E-state index contributed by atoms with van der Waals surface area (Å²) in [6.07, 6.45) is 4.73. The van der Waals surface area contributed by atoms with Crippen LogP contribution in [0.5, 0.6) is 0 Å². The molecule has 4 nitrogen and oxygen atoms in total. The summed E-state index contributed by atoms with van der Waals surface area (Å²) in [6.45, 7) is 0.936. The van der Waals surface area contributed by atoms with E-state index in [1.54, 1.807) is 0 Å². The lowest BCUT2D eigenvalue weighted by Gasteiger charge is -2.27. The number of carbonyl (C=O) groups excluding carboxylic acids is 1. The first-order chi connectivity index (χ1) is 7.77. The smallest absolute Gasteiger partial charge is 0.226 e. The second-order valence-electron chi connectivity index (χ2n) is 4.97. The Morgan fingerprint density at radius 3 is 2.62 bits per heavy atom. The Kier molecular flexibility index (Phi) is 3.82. The number of rotatable bonds is 5. The standard InChI is InChI=1S/C12H21NO3/c14-7-5-11(9-3-4-9)12(16)13-6-1-2-10(13)8-15/h9-11,14-15H,1-8H2/t10-,11?/m0/s1. The molecule has 0 aromatic rings. The van der Waals surface area contributed by atoms with Crippen LogP contribution in [0.2, 0.25) is 0 Å². The summed E-state index contributed by atoms with van der Waals surface area (Å²) in [5, 5.41) is 18.2. The predicted molar refractivity (Wildman–Crippen MR) is 59.7 cm³/mol. The highest BCUT2D eigenvalue weighted by Crippen LogP contribution is 2.40. The van der Waals surface area contributed by atoms with Crippen molar-refractivity contribution in [3.8, 4) is 0 Å². The minimum atomic E-state index is -0.00264. The quantitative estimate of drug-likeness (QED) is 0.713. The molecule has 1 unspecified atom stereocenters. The average Bonchev–Trinajstić information content (AvgIpc) is 3.01. The zero-order chi connectivity index (χ0) is 11.5. The highest BCUT2D eigenvalue weighted by molar-refractivity contribution is 5.80. The number of carbonyl (C=O) groups is 1. The number of aliphatic hydroxyl groups is 2. The lowest BCUT2D eigenvalue weighted by molar-refractivity contribution is -0.138. The minimum Gasteiger partial charge on any atom is -0.396 e. The van der Waals surface area contributed by atoms with Crippen LogP contribution in [0.1, 0.15) is 32.1 Å². The third-order valence-electron chi connectivity index (χ3n) is 3.82. The maximum atomic E-state index is 12.3. The van der Waals surface area contributed by atoms with Crippen LogP contribution in [0, 0.1) is 11.8 Å². The summed E-state index contributed by atoms with van der Waals surface area (Å²) in [5.74, 6) is 0.643. The molecule has 0 spiro atoms. The van der Waals surface area contributed by atoms with Crippen LogP contribution in [0.3, 0.4) is 0 Å². The molecule has 1 aliphatic heterocycles. The Bertz CT molecular complexity index is 249. The molecule has 2 fully saturated rings. The topological polar surface area (TPSA) is 60.8 Å². The second kappa shape index (κ2) is 5.15. The number of aliphatic hydroxyl groups excluding tert-OH is 2. The number of likely N-dealkylation sites (tertiary alicyclic amines) is 1. The van der Waals surface area contributed by atoms with Gasteiger partial charge in [0.05, 0.1) is 12.6 Å². The molecule has 1 aliphatic carbocycles. The molecule has 0 radical (unpaired) electrons. The van der Waals surface area contributed by atoms with E-state index in [2.05, 4.69) is 0 Å². The van der Waals surface area contributed by atoms with Gasteiger partial charge in [-0.15, -0.1) is 0 Å². The fourth-order valence-electron chi connectivity index (χ4n) is 2.73. The van der Waals surface area contributed by atoms with Gasteiger partial charge < -0.3 is 15.1 Å². The van der Waals surface area contributed by atoms with Gasteiger partial charge >= 0.3 is 0 Å². The van der Waals surface area contributed by atoms with Crippen LogP contribution in [0.4, 0.5) is 0 Å². The Morgan fingerprint density at radius 2 is 2.06 bits per heavy atom. The van der Waals surface area contributed by atoms with Gasteiger partial charge in [0.15, 0.2) is 0 Å². The summed E-state index contributed by atoms with van der Waals surface area (Å²) in [5.41, 5.74) is 0. The van der Waals surface area contributed by atoms with Gasteiger partial charge in [-0.05, 0) is 38.0 Å². The van der Waals surface area contributed by atoms with Crippen molar-refractivity contribution in [2.75, 3.05) is 19.8 Å². The molecule has 0 aromatic carbocycles. The van der Waals surface area contributed by atoms with Crippen molar-refractivity contribution in [2.45, 2.75) is 38.1 Å². The summed E-state index contributed by atoms with van der Waals surface area (Å²) >= 11 is 0. The number of hydrogen-bond acceptors (Lipinski definition) is 3. The third kappa shape index (κ3) is 2.38. The van der Waals surface area contributed by atoms with Crippen LogP contribution in [0.15, 0.2) is 0 Å². The molecule has 1 saturated heterocycles. The molecule has 2 rings (SSSR count). The zero-order valence-corrected chi connectivity index (χ0v) is 9.64. The SMILES string of the molecule is O=C(C(CCO)C1CC1)N1CCC[C@H]1CO. The van der Waals surface area contributed by atoms with Gasteiger partial charge in [0.2, 0.25) is 5.91 Å². The van der Waals surface area contributed by atoms with Crippen LogP contribution < -0.4 is 0 Å². The molecule has 0 bridgehead atoms. The van der Waals surface area contributed by atoms with Gasteiger partial charge in [-0.2, -0.15) is 0 Å². The van der Waals surface area contributed by atoms with Crippen molar-refractivity contribution >= 4 is 5.91 Å². The molecule has 0 aromatic heterocycles. The summed E-state index contributed by atoms with van der Waals surface area (Å²) in [7, 11) is 0. The third-order valence-corrected chi connectivity index (χ3v) is 3.82.